The molecule has 1 N–H and O–H groups in total. The number of hydrogen-bond acceptors (Lipinski definition) is 6. The minimum Gasteiger partial charge on any atom is -0.490 e. The lowest BCUT2D eigenvalue weighted by Gasteiger charge is -2.14. The van der Waals surface area contributed by atoms with Crippen LogP contribution in [0.25, 0.3) is 6.08 Å². The second-order valence-electron chi connectivity index (χ2n) is 7.04. The summed E-state index contributed by atoms with van der Waals surface area (Å²) < 4.78 is 11.7. The van der Waals surface area contributed by atoms with Crippen molar-refractivity contribution in [3.05, 3.63) is 55.9 Å². The summed E-state index contributed by atoms with van der Waals surface area (Å²) in [6, 6.07) is 8.46. The van der Waals surface area contributed by atoms with Crippen LogP contribution in [0.5, 0.6) is 11.5 Å². The van der Waals surface area contributed by atoms with Gasteiger partial charge in [0.2, 0.25) is 5.91 Å². The van der Waals surface area contributed by atoms with Gasteiger partial charge >= 0.3 is 0 Å². The van der Waals surface area contributed by atoms with Crippen LogP contribution < -0.4 is 14.8 Å². The topological polar surface area (TPSA) is 84.9 Å². The van der Waals surface area contributed by atoms with Crippen LogP contribution in [0.3, 0.4) is 0 Å². The van der Waals surface area contributed by atoms with Crippen LogP contribution in [0, 0.1) is 19.3 Å². The quantitative estimate of drug-likeness (QED) is 0.337. The molecule has 1 saturated heterocycles. The predicted octanol–water partition coefficient (Wildman–Crippen LogP) is 5.50. The van der Waals surface area contributed by atoms with Crippen LogP contribution >= 0.6 is 39.3 Å². The fourth-order valence-electron chi connectivity index (χ4n) is 2.99. The molecule has 2 aromatic carbocycles. The standard InChI is InChI=1S/C24H20BrClN2O5S/c1-4-8-33-22-17(25)9-15(10-19(22)32-5-2)11-20-23(30)28(24(31)34-20)13-21(29)27-16-7-6-14(3)18(26)12-16/h1,6-7,9-12H,5,8,13H2,2-3H3,(H,27,29)/b20-11-. The van der Waals surface area contributed by atoms with Gasteiger partial charge in [-0.2, -0.15) is 0 Å². The first-order valence-corrected chi connectivity index (χ1v) is 12.1. The van der Waals surface area contributed by atoms with E-state index in [-0.39, 0.29) is 11.5 Å². The van der Waals surface area contributed by atoms with Crippen LogP contribution in [0.2, 0.25) is 5.02 Å². The first-order valence-electron chi connectivity index (χ1n) is 10.1. The number of thioether (sulfide) groups is 1. The van der Waals surface area contributed by atoms with Crippen molar-refractivity contribution in [1.82, 2.24) is 4.90 Å². The first kappa shape index (κ1) is 25.7. The normalized spacial score (nSPS) is 14.3. The van der Waals surface area contributed by atoms with Gasteiger partial charge in [0.05, 0.1) is 16.0 Å². The third-order valence-corrected chi connectivity index (χ3v) is 6.46. The van der Waals surface area contributed by atoms with Gasteiger partial charge in [0.15, 0.2) is 11.5 Å². The molecule has 1 heterocycles. The number of rotatable bonds is 8. The molecule has 3 amide bonds. The molecule has 34 heavy (non-hydrogen) atoms. The van der Waals surface area contributed by atoms with Gasteiger partial charge in [-0.05, 0) is 83.0 Å². The third kappa shape index (κ3) is 6.14. The van der Waals surface area contributed by atoms with Crippen LogP contribution in [0.15, 0.2) is 39.7 Å². The zero-order valence-electron chi connectivity index (χ0n) is 18.3. The van der Waals surface area contributed by atoms with E-state index in [1.54, 1.807) is 36.4 Å². The molecule has 7 nitrogen and oxygen atoms in total. The lowest BCUT2D eigenvalue weighted by atomic mass is 10.2. The molecular formula is C24H20BrClN2O5S. The van der Waals surface area contributed by atoms with Crippen LogP contribution in [0.4, 0.5) is 10.5 Å². The van der Waals surface area contributed by atoms with Crippen molar-refractivity contribution < 1.29 is 23.9 Å². The maximum absolute atomic E-state index is 12.8. The van der Waals surface area contributed by atoms with E-state index in [1.165, 1.54) is 0 Å². The Bertz CT molecular complexity index is 1220. The number of aryl methyl sites for hydroxylation is 1. The Morgan fingerprint density at radius 1 is 1.29 bits per heavy atom. The number of amides is 3. The Labute approximate surface area is 214 Å². The molecule has 0 spiro atoms. The van der Waals surface area contributed by atoms with E-state index >= 15 is 0 Å². The van der Waals surface area contributed by atoms with Crippen molar-refractivity contribution in [3.8, 4) is 23.8 Å². The average Bonchev–Trinajstić information content (AvgIpc) is 3.03. The smallest absolute Gasteiger partial charge is 0.294 e. The van der Waals surface area contributed by atoms with Crippen molar-refractivity contribution >= 4 is 68.1 Å². The Kier molecular flexibility index (Phi) is 8.67. The van der Waals surface area contributed by atoms with E-state index in [2.05, 4.69) is 27.2 Å². The van der Waals surface area contributed by atoms with E-state index in [9.17, 15) is 14.4 Å². The number of nitrogens with zero attached hydrogens (tertiary/aromatic N) is 1. The van der Waals surface area contributed by atoms with Gasteiger partial charge in [-0.3, -0.25) is 19.3 Å². The van der Waals surface area contributed by atoms with Crippen molar-refractivity contribution in [3.63, 3.8) is 0 Å². The molecule has 1 aliphatic rings. The molecule has 1 fully saturated rings. The number of halogens is 2. The number of carbonyl (C=O) groups is 3. The molecule has 2 aromatic rings. The number of anilines is 1. The highest BCUT2D eigenvalue weighted by atomic mass is 79.9. The van der Waals surface area contributed by atoms with E-state index < -0.39 is 23.6 Å². The van der Waals surface area contributed by atoms with E-state index in [4.69, 9.17) is 27.5 Å². The molecule has 10 heteroatoms. The van der Waals surface area contributed by atoms with Crippen molar-refractivity contribution in [2.24, 2.45) is 0 Å². The first-order chi connectivity index (χ1) is 16.2. The SMILES string of the molecule is C#CCOc1c(Br)cc(/C=C2\SC(=O)N(CC(=O)Nc3ccc(C)c(Cl)c3)C2=O)cc1OCC. The molecule has 1 aliphatic heterocycles. The lowest BCUT2D eigenvalue weighted by Crippen LogP contribution is -2.36. The molecule has 0 atom stereocenters. The number of nitrogens with one attached hydrogen (secondary N) is 1. The third-order valence-electron chi connectivity index (χ3n) is 4.56. The van der Waals surface area contributed by atoms with Gasteiger partial charge in [0.25, 0.3) is 11.1 Å². The van der Waals surface area contributed by atoms with Gasteiger partial charge in [-0.1, -0.05) is 23.6 Å². The monoisotopic (exact) mass is 562 g/mol. The number of hydrogen-bond donors (Lipinski definition) is 1. The fraction of sp³-hybridized carbons (Fsp3) is 0.208. The highest BCUT2D eigenvalue weighted by Gasteiger charge is 2.36. The molecule has 176 valence electrons. The Hall–Kier alpha value is -2.93. The van der Waals surface area contributed by atoms with E-state index in [0.717, 1.165) is 22.2 Å². The molecule has 0 radical (unpaired) electrons. The minimum atomic E-state index is -0.561. The summed E-state index contributed by atoms with van der Waals surface area (Å²) in [6.07, 6.45) is 6.83. The largest absolute Gasteiger partial charge is 0.490 e. The van der Waals surface area contributed by atoms with E-state index in [0.29, 0.717) is 38.9 Å². The summed E-state index contributed by atoms with van der Waals surface area (Å²) in [4.78, 5) is 38.8. The molecule has 3 rings (SSSR count). The fourth-order valence-corrected chi connectivity index (χ4v) is 4.58. The van der Waals surface area contributed by atoms with Gasteiger partial charge in [-0.15, -0.1) is 6.42 Å². The highest BCUT2D eigenvalue weighted by Crippen LogP contribution is 2.39. The van der Waals surface area contributed by atoms with Crippen molar-refractivity contribution in [1.29, 1.82) is 0 Å². The summed E-state index contributed by atoms with van der Waals surface area (Å²) in [5.41, 5.74) is 1.95. The Morgan fingerprint density at radius 3 is 2.74 bits per heavy atom. The minimum absolute atomic E-state index is 0.0633. The Morgan fingerprint density at radius 2 is 2.06 bits per heavy atom. The summed E-state index contributed by atoms with van der Waals surface area (Å²) in [6.45, 7) is 3.70. The number of benzene rings is 2. The number of carbonyl (C=O) groups excluding carboxylic acids is 3. The van der Waals surface area contributed by atoms with Gasteiger partial charge in [0, 0.05) is 10.7 Å². The number of imide groups is 1. The Balaban J connectivity index is 1.76. The second kappa shape index (κ2) is 11.5. The molecule has 0 unspecified atom stereocenters. The second-order valence-corrected chi connectivity index (χ2v) is 9.29. The number of terminal acetylenes is 1. The molecule has 0 saturated carbocycles. The van der Waals surface area contributed by atoms with Crippen molar-refractivity contribution in [2.75, 3.05) is 25.1 Å². The number of ether oxygens (including phenoxy) is 2. The van der Waals surface area contributed by atoms with Gasteiger partial charge < -0.3 is 14.8 Å². The van der Waals surface area contributed by atoms with Crippen molar-refractivity contribution in [2.45, 2.75) is 13.8 Å². The zero-order valence-corrected chi connectivity index (χ0v) is 21.5. The summed E-state index contributed by atoms with van der Waals surface area (Å²) in [5.74, 6) is 2.20. The molecule has 0 bridgehead atoms. The predicted molar refractivity (Wildman–Crippen MR) is 137 cm³/mol. The maximum atomic E-state index is 12.8. The van der Waals surface area contributed by atoms with Crippen LogP contribution in [-0.2, 0) is 9.59 Å². The lowest BCUT2D eigenvalue weighted by molar-refractivity contribution is -0.127. The summed E-state index contributed by atoms with van der Waals surface area (Å²) in [5, 5.41) is 2.61. The molecule has 0 aliphatic carbocycles. The van der Waals surface area contributed by atoms with Crippen LogP contribution in [-0.4, -0.2) is 41.7 Å². The average molecular weight is 564 g/mol. The highest BCUT2D eigenvalue weighted by molar-refractivity contribution is 9.10. The zero-order chi connectivity index (χ0) is 24.8. The summed E-state index contributed by atoms with van der Waals surface area (Å²) >= 11 is 10.3. The van der Waals surface area contributed by atoms with Gasteiger partial charge in [0.1, 0.15) is 13.2 Å². The van der Waals surface area contributed by atoms with E-state index in [1.807, 2.05) is 13.8 Å². The summed E-state index contributed by atoms with van der Waals surface area (Å²) in [7, 11) is 0. The van der Waals surface area contributed by atoms with Crippen LogP contribution in [0.1, 0.15) is 18.1 Å². The molecule has 0 aromatic heterocycles. The maximum Gasteiger partial charge on any atom is 0.294 e. The van der Waals surface area contributed by atoms with Gasteiger partial charge in [-0.25, -0.2) is 0 Å². The molecular weight excluding hydrogens is 544 g/mol.